The normalized spacial score (nSPS) is 10.1. The number of hydrogen-bond donors (Lipinski definition) is 2. The SMILES string of the molecule is NC(=O)COc1ccc(CNc2ccccc2)cc1Cl. The van der Waals surface area contributed by atoms with Gasteiger partial charge < -0.3 is 15.8 Å². The molecule has 0 radical (unpaired) electrons. The predicted octanol–water partition coefficient (Wildman–Crippen LogP) is 2.82. The van der Waals surface area contributed by atoms with Crippen LogP contribution in [-0.4, -0.2) is 12.5 Å². The van der Waals surface area contributed by atoms with Gasteiger partial charge in [-0.3, -0.25) is 4.79 Å². The van der Waals surface area contributed by atoms with Crippen LogP contribution in [0.15, 0.2) is 48.5 Å². The van der Waals surface area contributed by atoms with Gasteiger partial charge in [0.2, 0.25) is 0 Å². The molecule has 4 nitrogen and oxygen atoms in total. The molecule has 2 aromatic rings. The third-order valence-corrected chi connectivity index (χ3v) is 2.93. The van der Waals surface area contributed by atoms with Crippen LogP contribution in [0.4, 0.5) is 5.69 Å². The molecule has 0 saturated carbocycles. The Morgan fingerprint density at radius 3 is 2.60 bits per heavy atom. The minimum absolute atomic E-state index is 0.179. The lowest BCUT2D eigenvalue weighted by Crippen LogP contribution is -2.20. The molecular weight excluding hydrogens is 276 g/mol. The summed E-state index contributed by atoms with van der Waals surface area (Å²) in [6, 6.07) is 15.3. The van der Waals surface area contributed by atoms with E-state index in [0.717, 1.165) is 11.3 Å². The molecular formula is C15H15ClN2O2. The van der Waals surface area contributed by atoms with E-state index in [1.165, 1.54) is 0 Å². The minimum Gasteiger partial charge on any atom is -0.482 e. The number of rotatable bonds is 6. The lowest BCUT2D eigenvalue weighted by Gasteiger charge is -2.09. The van der Waals surface area contributed by atoms with Crippen LogP contribution in [-0.2, 0) is 11.3 Å². The van der Waals surface area contributed by atoms with Gasteiger partial charge >= 0.3 is 0 Å². The molecule has 104 valence electrons. The number of amides is 1. The number of benzene rings is 2. The van der Waals surface area contributed by atoms with E-state index in [2.05, 4.69) is 5.32 Å². The van der Waals surface area contributed by atoms with E-state index in [4.69, 9.17) is 22.1 Å². The summed E-state index contributed by atoms with van der Waals surface area (Å²) in [6.07, 6.45) is 0. The number of ether oxygens (including phenoxy) is 1. The molecule has 2 aromatic carbocycles. The van der Waals surface area contributed by atoms with Crippen molar-refractivity contribution in [2.45, 2.75) is 6.54 Å². The van der Waals surface area contributed by atoms with Gasteiger partial charge in [0.05, 0.1) is 5.02 Å². The summed E-state index contributed by atoms with van der Waals surface area (Å²) < 4.78 is 5.19. The average Bonchev–Trinajstić information content (AvgIpc) is 2.45. The molecule has 0 aliphatic carbocycles. The zero-order valence-electron chi connectivity index (χ0n) is 10.8. The van der Waals surface area contributed by atoms with E-state index in [-0.39, 0.29) is 6.61 Å². The third-order valence-electron chi connectivity index (χ3n) is 2.64. The van der Waals surface area contributed by atoms with Gasteiger partial charge in [-0.25, -0.2) is 0 Å². The third kappa shape index (κ3) is 4.17. The molecule has 5 heteroatoms. The maximum absolute atomic E-state index is 10.7. The maximum Gasteiger partial charge on any atom is 0.255 e. The standard InChI is InChI=1S/C15H15ClN2O2/c16-13-8-11(6-7-14(13)20-10-15(17)19)9-18-12-4-2-1-3-5-12/h1-8,18H,9-10H2,(H2,17,19). The van der Waals surface area contributed by atoms with E-state index in [9.17, 15) is 4.79 Å². The molecule has 0 aromatic heterocycles. The highest BCUT2D eigenvalue weighted by molar-refractivity contribution is 6.32. The summed E-state index contributed by atoms with van der Waals surface area (Å²) in [7, 11) is 0. The van der Waals surface area contributed by atoms with Gasteiger partial charge in [-0.05, 0) is 29.8 Å². The van der Waals surface area contributed by atoms with Gasteiger partial charge in [-0.1, -0.05) is 35.9 Å². The molecule has 0 spiro atoms. The molecule has 2 rings (SSSR count). The Hall–Kier alpha value is -2.20. The number of nitrogens with one attached hydrogen (secondary N) is 1. The van der Waals surface area contributed by atoms with Crippen molar-refractivity contribution in [3.8, 4) is 5.75 Å². The molecule has 0 bridgehead atoms. The van der Waals surface area contributed by atoms with Crippen LogP contribution in [0.3, 0.4) is 0 Å². The van der Waals surface area contributed by atoms with Crippen LogP contribution in [0.25, 0.3) is 0 Å². The van der Waals surface area contributed by atoms with Crippen molar-refractivity contribution in [1.82, 2.24) is 0 Å². The number of carbonyl (C=O) groups is 1. The summed E-state index contributed by atoms with van der Waals surface area (Å²) in [5, 5.41) is 3.74. The van der Waals surface area contributed by atoms with Gasteiger partial charge in [0, 0.05) is 12.2 Å². The molecule has 0 aliphatic rings. The van der Waals surface area contributed by atoms with Crippen molar-refractivity contribution in [3.05, 3.63) is 59.1 Å². The van der Waals surface area contributed by atoms with E-state index in [0.29, 0.717) is 17.3 Å². The molecule has 1 amide bonds. The van der Waals surface area contributed by atoms with Crippen molar-refractivity contribution in [2.75, 3.05) is 11.9 Å². The van der Waals surface area contributed by atoms with E-state index >= 15 is 0 Å². The van der Waals surface area contributed by atoms with Gasteiger partial charge in [0.25, 0.3) is 5.91 Å². The number of primary amides is 1. The smallest absolute Gasteiger partial charge is 0.255 e. The number of hydrogen-bond acceptors (Lipinski definition) is 3. The fourth-order valence-electron chi connectivity index (χ4n) is 1.68. The predicted molar refractivity (Wildman–Crippen MR) is 79.9 cm³/mol. The van der Waals surface area contributed by atoms with Crippen LogP contribution >= 0.6 is 11.6 Å². The Kier molecular flexibility index (Phi) is 4.85. The quantitative estimate of drug-likeness (QED) is 0.860. The highest BCUT2D eigenvalue weighted by Crippen LogP contribution is 2.25. The molecule has 0 heterocycles. The fraction of sp³-hybridized carbons (Fsp3) is 0.133. The zero-order valence-corrected chi connectivity index (χ0v) is 11.6. The molecule has 0 fully saturated rings. The van der Waals surface area contributed by atoms with E-state index in [1.807, 2.05) is 36.4 Å². The minimum atomic E-state index is -0.532. The van der Waals surface area contributed by atoms with Gasteiger partial charge in [0.15, 0.2) is 6.61 Å². The summed E-state index contributed by atoms with van der Waals surface area (Å²) in [5.74, 6) is -0.0789. The van der Waals surface area contributed by atoms with Crippen LogP contribution in [0, 0.1) is 0 Å². The summed E-state index contributed by atoms with van der Waals surface area (Å²) in [5.41, 5.74) is 7.07. The number of carbonyl (C=O) groups excluding carboxylic acids is 1. The Balaban J connectivity index is 1.96. The molecule has 0 saturated heterocycles. The maximum atomic E-state index is 10.7. The van der Waals surface area contributed by atoms with Gasteiger partial charge in [-0.15, -0.1) is 0 Å². The topological polar surface area (TPSA) is 64.4 Å². The summed E-state index contributed by atoms with van der Waals surface area (Å²) >= 11 is 6.09. The number of nitrogens with two attached hydrogens (primary N) is 1. The van der Waals surface area contributed by atoms with Crippen LogP contribution in [0.5, 0.6) is 5.75 Å². The molecule has 3 N–H and O–H groups in total. The first-order valence-corrected chi connectivity index (χ1v) is 6.51. The average molecular weight is 291 g/mol. The van der Waals surface area contributed by atoms with Crippen molar-refractivity contribution >= 4 is 23.2 Å². The second kappa shape index (κ2) is 6.82. The monoisotopic (exact) mass is 290 g/mol. The Labute approximate surface area is 122 Å². The highest BCUT2D eigenvalue weighted by atomic mass is 35.5. The number of halogens is 1. The molecule has 20 heavy (non-hydrogen) atoms. The zero-order chi connectivity index (χ0) is 14.4. The first-order chi connectivity index (χ1) is 9.65. The second-order valence-corrected chi connectivity index (χ2v) is 4.65. The Morgan fingerprint density at radius 1 is 1.20 bits per heavy atom. The van der Waals surface area contributed by atoms with Crippen LogP contribution < -0.4 is 15.8 Å². The second-order valence-electron chi connectivity index (χ2n) is 4.24. The number of anilines is 1. The Bertz CT molecular complexity index is 588. The molecule has 0 unspecified atom stereocenters. The lowest BCUT2D eigenvalue weighted by molar-refractivity contribution is -0.119. The van der Waals surface area contributed by atoms with Crippen molar-refractivity contribution in [3.63, 3.8) is 0 Å². The van der Waals surface area contributed by atoms with Gasteiger partial charge in [0.1, 0.15) is 5.75 Å². The Morgan fingerprint density at radius 2 is 1.95 bits per heavy atom. The van der Waals surface area contributed by atoms with Gasteiger partial charge in [-0.2, -0.15) is 0 Å². The molecule has 0 aliphatic heterocycles. The van der Waals surface area contributed by atoms with Crippen molar-refractivity contribution in [1.29, 1.82) is 0 Å². The number of para-hydroxylation sites is 1. The van der Waals surface area contributed by atoms with Crippen molar-refractivity contribution in [2.24, 2.45) is 5.73 Å². The van der Waals surface area contributed by atoms with E-state index in [1.54, 1.807) is 12.1 Å². The first kappa shape index (κ1) is 14.2. The fourth-order valence-corrected chi connectivity index (χ4v) is 1.94. The molecule has 0 atom stereocenters. The first-order valence-electron chi connectivity index (χ1n) is 6.13. The van der Waals surface area contributed by atoms with Crippen LogP contribution in [0.2, 0.25) is 5.02 Å². The van der Waals surface area contributed by atoms with Crippen molar-refractivity contribution < 1.29 is 9.53 Å². The summed E-state index contributed by atoms with van der Waals surface area (Å²) in [4.78, 5) is 10.7. The highest BCUT2D eigenvalue weighted by Gasteiger charge is 2.04. The van der Waals surface area contributed by atoms with Crippen LogP contribution in [0.1, 0.15) is 5.56 Å². The van der Waals surface area contributed by atoms with E-state index < -0.39 is 5.91 Å². The summed E-state index contributed by atoms with van der Waals surface area (Å²) in [6.45, 7) is 0.473. The largest absolute Gasteiger partial charge is 0.482 e. The lowest BCUT2D eigenvalue weighted by atomic mass is 10.2.